The summed E-state index contributed by atoms with van der Waals surface area (Å²) in [4.78, 5) is 0. The molecule has 0 aliphatic heterocycles. The van der Waals surface area contributed by atoms with Crippen molar-refractivity contribution in [2.75, 3.05) is 0 Å². The Hall–Kier alpha value is -0.630. The summed E-state index contributed by atoms with van der Waals surface area (Å²) >= 11 is 6.17. The fourth-order valence-electron chi connectivity index (χ4n) is 2.37. The van der Waals surface area contributed by atoms with Gasteiger partial charge < -0.3 is 0 Å². The van der Waals surface area contributed by atoms with E-state index in [2.05, 4.69) is 0 Å². The zero-order valence-electron chi connectivity index (χ0n) is 9.06. The van der Waals surface area contributed by atoms with E-state index in [1.807, 2.05) is 0 Å². The number of hydrogen-bond acceptors (Lipinski definition) is 0. The van der Waals surface area contributed by atoms with Gasteiger partial charge in [0.05, 0.1) is 0 Å². The van der Waals surface area contributed by atoms with Crippen LogP contribution in [0.15, 0.2) is 18.2 Å². The van der Waals surface area contributed by atoms with E-state index in [9.17, 15) is 8.78 Å². The van der Waals surface area contributed by atoms with Gasteiger partial charge in [0.1, 0.15) is 0 Å². The van der Waals surface area contributed by atoms with Gasteiger partial charge in [0.25, 0.3) is 0 Å². The summed E-state index contributed by atoms with van der Waals surface area (Å²) in [6.07, 6.45) is 5.17. The Labute approximate surface area is 99.6 Å². The number of benzene rings is 1. The molecule has 1 aromatic rings. The second-order valence-electron chi connectivity index (χ2n) is 4.49. The van der Waals surface area contributed by atoms with Crippen molar-refractivity contribution in [2.24, 2.45) is 0 Å². The second-order valence-corrected chi connectivity index (χ2v) is 5.11. The van der Waals surface area contributed by atoms with Crippen molar-refractivity contribution in [1.82, 2.24) is 0 Å². The molecular formula is C13H15ClF2. The first-order chi connectivity index (χ1) is 7.66. The molecule has 3 heteroatoms. The number of alkyl halides is 1. The molecule has 0 bridgehead atoms. The minimum absolute atomic E-state index is 0.167. The number of hydrogen-bond donors (Lipinski definition) is 0. The predicted molar refractivity (Wildman–Crippen MR) is 61.8 cm³/mol. The van der Waals surface area contributed by atoms with Crippen LogP contribution in [0.25, 0.3) is 0 Å². The fourth-order valence-corrected chi connectivity index (χ4v) is 2.74. The Balaban J connectivity index is 2.18. The molecule has 0 radical (unpaired) electrons. The van der Waals surface area contributed by atoms with Crippen molar-refractivity contribution in [3.05, 3.63) is 35.4 Å². The average Bonchev–Trinajstić information content (AvgIpc) is 2.47. The first-order valence-corrected chi connectivity index (χ1v) is 6.19. The molecule has 1 aliphatic carbocycles. The molecule has 0 N–H and O–H groups in total. The van der Waals surface area contributed by atoms with Gasteiger partial charge in [0.2, 0.25) is 0 Å². The van der Waals surface area contributed by atoms with Gasteiger partial charge >= 0.3 is 0 Å². The largest absolute Gasteiger partial charge is 0.204 e. The molecule has 0 nitrogen and oxygen atoms in total. The third-order valence-electron chi connectivity index (χ3n) is 3.28. The quantitative estimate of drug-likeness (QED) is 0.500. The molecular weight excluding hydrogens is 230 g/mol. The van der Waals surface area contributed by atoms with Crippen LogP contribution in [0.4, 0.5) is 8.78 Å². The van der Waals surface area contributed by atoms with Crippen LogP contribution in [0.2, 0.25) is 0 Å². The van der Waals surface area contributed by atoms with Gasteiger partial charge in [-0.2, -0.15) is 0 Å². The third kappa shape index (κ3) is 2.73. The van der Waals surface area contributed by atoms with Gasteiger partial charge in [-0.15, -0.1) is 11.6 Å². The summed E-state index contributed by atoms with van der Waals surface area (Å²) in [6.45, 7) is 0. The van der Waals surface area contributed by atoms with E-state index in [1.54, 1.807) is 6.07 Å². The van der Waals surface area contributed by atoms with Crippen molar-refractivity contribution >= 4 is 11.6 Å². The van der Waals surface area contributed by atoms with Gasteiger partial charge in [0, 0.05) is 5.38 Å². The van der Waals surface area contributed by atoms with Crippen LogP contribution >= 0.6 is 11.6 Å². The standard InChI is InChI=1S/C13H15ClF2/c14-11-4-2-1-3-9(7-11)10-5-6-12(15)13(16)8-10/h5-6,8-9,11H,1-4,7H2. The average molecular weight is 245 g/mol. The molecule has 16 heavy (non-hydrogen) atoms. The zero-order chi connectivity index (χ0) is 11.5. The highest BCUT2D eigenvalue weighted by molar-refractivity contribution is 6.20. The molecule has 1 aromatic carbocycles. The highest BCUT2D eigenvalue weighted by Crippen LogP contribution is 2.34. The van der Waals surface area contributed by atoms with Gasteiger partial charge in [-0.25, -0.2) is 8.78 Å². The van der Waals surface area contributed by atoms with Crippen molar-refractivity contribution in [3.63, 3.8) is 0 Å². The van der Waals surface area contributed by atoms with E-state index in [0.717, 1.165) is 37.7 Å². The van der Waals surface area contributed by atoms with Crippen LogP contribution in [0.1, 0.15) is 43.6 Å². The summed E-state index contributed by atoms with van der Waals surface area (Å²) in [6, 6.07) is 4.20. The molecule has 0 spiro atoms. The Bertz CT molecular complexity index is 365. The van der Waals surface area contributed by atoms with E-state index in [4.69, 9.17) is 11.6 Å². The van der Waals surface area contributed by atoms with Crippen LogP contribution in [0.5, 0.6) is 0 Å². The Morgan fingerprint density at radius 3 is 2.56 bits per heavy atom. The molecule has 2 rings (SSSR count). The Morgan fingerprint density at radius 1 is 1.06 bits per heavy atom. The van der Waals surface area contributed by atoms with Crippen LogP contribution in [-0.2, 0) is 0 Å². The summed E-state index contributed by atoms with van der Waals surface area (Å²) in [5, 5.41) is 0.167. The van der Waals surface area contributed by atoms with Crippen LogP contribution in [0, 0.1) is 11.6 Å². The molecule has 2 unspecified atom stereocenters. The molecule has 88 valence electrons. The highest BCUT2D eigenvalue weighted by atomic mass is 35.5. The highest BCUT2D eigenvalue weighted by Gasteiger charge is 2.20. The fraction of sp³-hybridized carbons (Fsp3) is 0.538. The summed E-state index contributed by atoms with van der Waals surface area (Å²) in [5.74, 6) is -1.26. The topological polar surface area (TPSA) is 0 Å². The van der Waals surface area contributed by atoms with E-state index in [-0.39, 0.29) is 11.3 Å². The molecule has 0 aromatic heterocycles. The van der Waals surface area contributed by atoms with E-state index >= 15 is 0 Å². The van der Waals surface area contributed by atoms with Crippen molar-refractivity contribution < 1.29 is 8.78 Å². The minimum Gasteiger partial charge on any atom is -0.204 e. The summed E-state index contributed by atoms with van der Waals surface area (Å²) < 4.78 is 25.9. The third-order valence-corrected chi connectivity index (χ3v) is 3.67. The second kappa shape index (κ2) is 5.13. The predicted octanol–water partition coefficient (Wildman–Crippen LogP) is 4.62. The van der Waals surface area contributed by atoms with Crippen molar-refractivity contribution in [2.45, 2.75) is 43.4 Å². The van der Waals surface area contributed by atoms with Gasteiger partial charge in [0.15, 0.2) is 11.6 Å². The Morgan fingerprint density at radius 2 is 1.81 bits per heavy atom. The lowest BCUT2D eigenvalue weighted by atomic mass is 9.91. The van der Waals surface area contributed by atoms with E-state index < -0.39 is 11.6 Å². The lowest BCUT2D eigenvalue weighted by Gasteiger charge is -2.16. The van der Waals surface area contributed by atoms with Gasteiger partial charge in [-0.1, -0.05) is 18.9 Å². The maximum absolute atomic E-state index is 13.1. The van der Waals surface area contributed by atoms with Crippen LogP contribution in [0.3, 0.4) is 0 Å². The maximum Gasteiger partial charge on any atom is 0.159 e. The van der Waals surface area contributed by atoms with Crippen LogP contribution < -0.4 is 0 Å². The molecule has 1 saturated carbocycles. The maximum atomic E-state index is 13.1. The smallest absolute Gasteiger partial charge is 0.159 e. The van der Waals surface area contributed by atoms with Crippen molar-refractivity contribution in [3.8, 4) is 0 Å². The molecule has 0 amide bonds. The minimum atomic E-state index is -0.778. The van der Waals surface area contributed by atoms with E-state index in [1.165, 1.54) is 12.1 Å². The molecule has 1 aliphatic rings. The SMILES string of the molecule is Fc1ccc(C2CCCCC(Cl)C2)cc1F. The lowest BCUT2D eigenvalue weighted by Crippen LogP contribution is -2.05. The first kappa shape index (κ1) is 11.8. The van der Waals surface area contributed by atoms with E-state index in [0.29, 0.717) is 0 Å². The van der Waals surface area contributed by atoms with Crippen molar-refractivity contribution in [1.29, 1.82) is 0 Å². The van der Waals surface area contributed by atoms with Gasteiger partial charge in [-0.05, 0) is 42.9 Å². The lowest BCUT2D eigenvalue weighted by molar-refractivity contribution is 0.502. The zero-order valence-corrected chi connectivity index (χ0v) is 9.81. The number of rotatable bonds is 1. The first-order valence-electron chi connectivity index (χ1n) is 5.76. The summed E-state index contributed by atoms with van der Waals surface area (Å²) in [7, 11) is 0. The Kier molecular flexibility index (Phi) is 3.80. The molecule has 0 saturated heterocycles. The molecule has 0 heterocycles. The van der Waals surface area contributed by atoms with Gasteiger partial charge in [-0.3, -0.25) is 0 Å². The number of halogens is 3. The molecule has 2 atom stereocenters. The monoisotopic (exact) mass is 244 g/mol. The van der Waals surface area contributed by atoms with Crippen LogP contribution in [-0.4, -0.2) is 5.38 Å². The normalized spacial score (nSPS) is 26.4. The molecule has 1 fully saturated rings. The summed E-state index contributed by atoms with van der Waals surface area (Å²) in [5.41, 5.74) is 0.881.